The SMILES string of the molecule is Cn1cnc2ccc(Oc3c(F)ccc(CC(C)(C)OC(N)=O)c3Cl)c(F)c2c1=O. The first-order valence-electron chi connectivity index (χ1n) is 8.77. The number of halogens is 3. The number of primary amides is 1. The first kappa shape index (κ1) is 21.5. The van der Waals surface area contributed by atoms with E-state index in [0.29, 0.717) is 5.56 Å². The van der Waals surface area contributed by atoms with Gasteiger partial charge >= 0.3 is 6.09 Å². The van der Waals surface area contributed by atoms with Gasteiger partial charge in [-0.1, -0.05) is 17.7 Å². The van der Waals surface area contributed by atoms with E-state index in [9.17, 15) is 18.4 Å². The minimum atomic E-state index is -1.03. The van der Waals surface area contributed by atoms with Crippen molar-refractivity contribution < 1.29 is 23.0 Å². The third kappa shape index (κ3) is 4.20. The molecule has 1 amide bonds. The molecule has 0 saturated heterocycles. The van der Waals surface area contributed by atoms with E-state index in [-0.39, 0.29) is 22.3 Å². The summed E-state index contributed by atoms with van der Waals surface area (Å²) in [4.78, 5) is 27.3. The molecule has 1 aromatic heterocycles. The van der Waals surface area contributed by atoms with Crippen molar-refractivity contribution in [3.8, 4) is 11.5 Å². The molecule has 158 valence electrons. The number of amides is 1. The monoisotopic (exact) mass is 437 g/mol. The van der Waals surface area contributed by atoms with Crippen molar-refractivity contribution in [2.45, 2.75) is 25.9 Å². The Morgan fingerprint density at radius 1 is 1.27 bits per heavy atom. The first-order chi connectivity index (χ1) is 14.0. The van der Waals surface area contributed by atoms with Crippen LogP contribution in [0.2, 0.25) is 5.02 Å². The smallest absolute Gasteiger partial charge is 0.405 e. The van der Waals surface area contributed by atoms with E-state index in [4.69, 9.17) is 26.8 Å². The predicted molar refractivity (Wildman–Crippen MR) is 107 cm³/mol. The maximum atomic E-state index is 15.0. The molecular weight excluding hydrogens is 420 g/mol. The molecular formula is C20H18ClF2N3O4. The van der Waals surface area contributed by atoms with Crippen molar-refractivity contribution >= 4 is 28.6 Å². The van der Waals surface area contributed by atoms with E-state index in [1.54, 1.807) is 13.8 Å². The zero-order valence-electron chi connectivity index (χ0n) is 16.3. The van der Waals surface area contributed by atoms with Gasteiger partial charge in [-0.05, 0) is 37.6 Å². The predicted octanol–water partition coefficient (Wildman–Crippen LogP) is 4.07. The Morgan fingerprint density at radius 2 is 1.97 bits per heavy atom. The Morgan fingerprint density at radius 3 is 2.63 bits per heavy atom. The number of benzene rings is 2. The van der Waals surface area contributed by atoms with Gasteiger partial charge in [0.05, 0.1) is 16.9 Å². The van der Waals surface area contributed by atoms with Crippen molar-refractivity contribution in [2.24, 2.45) is 12.8 Å². The van der Waals surface area contributed by atoms with Crippen molar-refractivity contribution in [3.05, 3.63) is 63.2 Å². The summed E-state index contributed by atoms with van der Waals surface area (Å²) in [6.07, 6.45) is 0.388. The topological polar surface area (TPSA) is 96.4 Å². The van der Waals surface area contributed by atoms with Gasteiger partial charge in [-0.3, -0.25) is 4.79 Å². The lowest BCUT2D eigenvalue weighted by atomic mass is 9.98. The largest absolute Gasteiger partial charge is 0.450 e. The van der Waals surface area contributed by atoms with E-state index < -0.39 is 40.4 Å². The second kappa shape index (κ2) is 7.91. The number of hydrogen-bond acceptors (Lipinski definition) is 5. The number of carbonyl (C=O) groups is 1. The van der Waals surface area contributed by atoms with Crippen LogP contribution in [0.15, 0.2) is 35.4 Å². The maximum absolute atomic E-state index is 15.0. The molecule has 0 unspecified atom stereocenters. The lowest BCUT2D eigenvalue weighted by molar-refractivity contribution is 0.0460. The summed E-state index contributed by atoms with van der Waals surface area (Å²) in [5.41, 5.74) is 3.93. The van der Waals surface area contributed by atoms with E-state index in [1.165, 1.54) is 31.6 Å². The summed E-state index contributed by atoms with van der Waals surface area (Å²) in [5.74, 6) is -2.64. The average Bonchev–Trinajstić information content (AvgIpc) is 2.64. The van der Waals surface area contributed by atoms with E-state index in [2.05, 4.69) is 4.98 Å². The lowest BCUT2D eigenvalue weighted by Gasteiger charge is -2.25. The summed E-state index contributed by atoms with van der Waals surface area (Å²) in [6.45, 7) is 3.20. The molecule has 0 aliphatic rings. The van der Waals surface area contributed by atoms with E-state index >= 15 is 0 Å². The third-order valence-corrected chi connectivity index (χ3v) is 4.74. The number of carbonyl (C=O) groups excluding carboxylic acids is 1. The van der Waals surface area contributed by atoms with Gasteiger partial charge in [0.2, 0.25) is 0 Å². The molecule has 10 heteroatoms. The molecule has 2 aromatic carbocycles. The van der Waals surface area contributed by atoms with E-state index in [0.717, 1.165) is 10.6 Å². The van der Waals surface area contributed by atoms with Crippen molar-refractivity contribution in [1.82, 2.24) is 9.55 Å². The van der Waals surface area contributed by atoms with E-state index in [1.807, 2.05) is 0 Å². The number of ether oxygens (including phenoxy) is 2. The van der Waals surface area contributed by atoms with Crippen LogP contribution >= 0.6 is 11.6 Å². The van der Waals surface area contributed by atoms with Gasteiger partial charge in [-0.2, -0.15) is 0 Å². The van der Waals surface area contributed by atoms with Crippen LogP contribution in [0.25, 0.3) is 10.9 Å². The van der Waals surface area contributed by atoms with Gasteiger partial charge in [-0.15, -0.1) is 0 Å². The molecule has 1 heterocycles. The highest BCUT2D eigenvalue weighted by molar-refractivity contribution is 6.32. The fraction of sp³-hybridized carbons (Fsp3) is 0.250. The molecule has 7 nitrogen and oxygen atoms in total. The molecule has 0 aliphatic heterocycles. The number of fused-ring (bicyclic) bond motifs is 1. The third-order valence-electron chi connectivity index (χ3n) is 4.32. The van der Waals surface area contributed by atoms with Crippen molar-refractivity contribution in [3.63, 3.8) is 0 Å². The fourth-order valence-corrected chi connectivity index (χ4v) is 3.25. The van der Waals surface area contributed by atoms with Crippen LogP contribution in [-0.2, 0) is 18.2 Å². The number of rotatable bonds is 5. The highest BCUT2D eigenvalue weighted by Crippen LogP contribution is 2.38. The Balaban J connectivity index is 2.03. The van der Waals surface area contributed by atoms with Crippen LogP contribution in [0, 0.1) is 11.6 Å². The Kier molecular flexibility index (Phi) is 5.67. The average molecular weight is 438 g/mol. The molecule has 3 aromatic rings. The molecule has 0 aliphatic carbocycles. The molecule has 2 N–H and O–H groups in total. The van der Waals surface area contributed by atoms with Gasteiger partial charge in [0.25, 0.3) is 5.56 Å². The molecule has 0 fully saturated rings. The highest BCUT2D eigenvalue weighted by Gasteiger charge is 2.26. The quantitative estimate of drug-likeness (QED) is 0.649. The number of nitrogens with zero attached hydrogens (tertiary/aromatic N) is 2. The summed E-state index contributed by atoms with van der Waals surface area (Å²) in [7, 11) is 1.43. The van der Waals surface area contributed by atoms with Crippen LogP contribution in [0.4, 0.5) is 13.6 Å². The highest BCUT2D eigenvalue weighted by atomic mass is 35.5. The van der Waals surface area contributed by atoms with Crippen molar-refractivity contribution in [1.29, 1.82) is 0 Å². The van der Waals surface area contributed by atoms with Gasteiger partial charge < -0.3 is 19.8 Å². The Labute approximate surface area is 175 Å². The zero-order valence-corrected chi connectivity index (χ0v) is 17.1. The van der Waals surface area contributed by atoms with Crippen LogP contribution in [0.1, 0.15) is 19.4 Å². The van der Waals surface area contributed by atoms with Crippen LogP contribution in [0.5, 0.6) is 11.5 Å². The standard InChI is InChI=1S/C20H18ClF2N3O4/c1-20(2,30-19(24)28)8-10-4-5-11(22)17(15(10)21)29-13-7-6-12-14(16(13)23)18(27)26(3)9-25-12/h4-7,9H,8H2,1-3H3,(H2,24,28). The number of aryl methyl sites for hydroxylation is 1. The number of nitrogens with two attached hydrogens (primary N) is 1. The second-order valence-corrected chi connectivity index (χ2v) is 7.62. The zero-order chi connectivity index (χ0) is 22.2. The molecule has 0 saturated carbocycles. The summed E-state index contributed by atoms with van der Waals surface area (Å²) >= 11 is 6.30. The normalized spacial score (nSPS) is 11.5. The Bertz CT molecular complexity index is 1210. The number of aromatic nitrogens is 2. The molecule has 30 heavy (non-hydrogen) atoms. The second-order valence-electron chi connectivity index (χ2n) is 7.24. The van der Waals surface area contributed by atoms with Gasteiger partial charge in [0, 0.05) is 13.5 Å². The molecule has 0 bridgehead atoms. The first-order valence-corrected chi connectivity index (χ1v) is 9.15. The minimum absolute atomic E-state index is 0.0933. The van der Waals surface area contributed by atoms with Gasteiger partial charge in [0.15, 0.2) is 23.1 Å². The molecule has 0 spiro atoms. The van der Waals surface area contributed by atoms with Gasteiger partial charge in [0.1, 0.15) is 11.0 Å². The maximum Gasteiger partial charge on any atom is 0.405 e. The lowest BCUT2D eigenvalue weighted by Crippen LogP contribution is -2.33. The van der Waals surface area contributed by atoms with Crippen LogP contribution in [-0.4, -0.2) is 21.2 Å². The minimum Gasteiger partial charge on any atom is -0.450 e. The molecule has 0 atom stereocenters. The van der Waals surface area contributed by atoms with Crippen LogP contribution < -0.4 is 16.0 Å². The van der Waals surface area contributed by atoms with Crippen molar-refractivity contribution in [2.75, 3.05) is 0 Å². The summed E-state index contributed by atoms with van der Waals surface area (Å²) < 4.78 is 40.9. The van der Waals surface area contributed by atoms with Crippen LogP contribution in [0.3, 0.4) is 0 Å². The molecule has 3 rings (SSSR count). The molecule has 0 radical (unpaired) electrons. The summed E-state index contributed by atoms with van der Waals surface area (Å²) in [5, 5.41) is -0.420. The van der Waals surface area contributed by atoms with Gasteiger partial charge in [-0.25, -0.2) is 18.6 Å². The Hall–Kier alpha value is -3.20. The fourth-order valence-electron chi connectivity index (χ4n) is 2.99. The summed E-state index contributed by atoms with van der Waals surface area (Å²) in [6, 6.07) is 5.10. The number of hydrogen-bond donors (Lipinski definition) is 1.